The number of hydrogen-bond acceptors (Lipinski definition) is 7. The third kappa shape index (κ3) is 3.66. The lowest BCUT2D eigenvalue weighted by Crippen LogP contribution is -2.51. The number of hydrogen-bond donors (Lipinski definition) is 2. The maximum absolute atomic E-state index is 10.0. The fraction of sp³-hybridized carbons (Fsp3) is 0.636. The Bertz CT molecular complexity index is 459. The van der Waals surface area contributed by atoms with Gasteiger partial charge >= 0.3 is 5.97 Å². The Kier molecular flexibility index (Phi) is 3.82. The zero-order chi connectivity index (χ0) is 14.1. The Morgan fingerprint density at radius 3 is 2.63 bits per heavy atom. The van der Waals surface area contributed by atoms with E-state index in [1.165, 1.54) is 6.07 Å². The minimum atomic E-state index is -1.80. The number of aliphatic hydroxyl groups is 1. The molecule has 0 bridgehead atoms. The number of rotatable bonds is 3. The van der Waals surface area contributed by atoms with Gasteiger partial charge in [0.15, 0.2) is 11.8 Å². The molecule has 1 saturated heterocycles. The molecule has 0 spiro atoms. The number of nitrogens with two attached hydrogens (primary N) is 1. The highest BCUT2D eigenvalue weighted by Gasteiger charge is 2.40. The molecule has 7 nitrogen and oxygen atoms in total. The van der Waals surface area contributed by atoms with E-state index in [4.69, 9.17) is 31.5 Å². The number of ether oxygens (including phenoxy) is 3. The normalized spacial score (nSPS) is 21.1. The van der Waals surface area contributed by atoms with Crippen LogP contribution in [0.5, 0.6) is 5.88 Å². The summed E-state index contributed by atoms with van der Waals surface area (Å²) in [5.74, 6) is -1.74. The van der Waals surface area contributed by atoms with Crippen molar-refractivity contribution in [2.45, 2.75) is 19.8 Å². The standard InChI is InChI=1S/C11H16ClN3O4/c1-10(2)4-18-11(16,19-5-10)6-17-9-7(13)3-8(12)14-15-9/h3,16H,4-6H2,1-2H3,(H2,13,14). The minimum absolute atomic E-state index is 0.0647. The highest BCUT2D eigenvalue weighted by Crippen LogP contribution is 2.28. The maximum atomic E-state index is 10.0. The van der Waals surface area contributed by atoms with Crippen LogP contribution in [0.25, 0.3) is 0 Å². The molecule has 2 rings (SSSR count). The van der Waals surface area contributed by atoms with Gasteiger partial charge in [-0.05, 0) is 0 Å². The first-order valence-corrected chi connectivity index (χ1v) is 6.09. The van der Waals surface area contributed by atoms with E-state index in [9.17, 15) is 5.11 Å². The topological polar surface area (TPSA) is 99.7 Å². The predicted octanol–water partition coefficient (Wildman–Crippen LogP) is 0.810. The summed E-state index contributed by atoms with van der Waals surface area (Å²) in [5, 5.41) is 17.5. The second-order valence-corrected chi connectivity index (χ2v) is 5.56. The van der Waals surface area contributed by atoms with Gasteiger partial charge in [-0.1, -0.05) is 25.4 Å². The summed E-state index contributed by atoms with van der Waals surface area (Å²) in [4.78, 5) is 0. The van der Waals surface area contributed by atoms with Crippen molar-refractivity contribution in [3.8, 4) is 5.88 Å². The summed E-state index contributed by atoms with van der Waals surface area (Å²) < 4.78 is 15.8. The molecule has 0 atom stereocenters. The fourth-order valence-corrected chi connectivity index (χ4v) is 1.58. The second-order valence-electron chi connectivity index (χ2n) is 5.17. The quantitative estimate of drug-likeness (QED) is 0.849. The first kappa shape index (κ1) is 14.3. The van der Waals surface area contributed by atoms with Crippen LogP contribution < -0.4 is 10.5 Å². The molecule has 2 heterocycles. The second kappa shape index (κ2) is 5.09. The van der Waals surface area contributed by atoms with Crippen molar-refractivity contribution in [3.05, 3.63) is 11.2 Å². The van der Waals surface area contributed by atoms with Crippen LogP contribution >= 0.6 is 11.6 Å². The van der Waals surface area contributed by atoms with Gasteiger partial charge in [0.05, 0.1) is 18.9 Å². The van der Waals surface area contributed by atoms with Gasteiger partial charge in [0.25, 0.3) is 5.88 Å². The lowest BCUT2D eigenvalue weighted by Gasteiger charge is -2.39. The number of nitrogen functional groups attached to an aromatic ring is 1. The molecule has 0 saturated carbocycles. The zero-order valence-electron chi connectivity index (χ0n) is 10.7. The van der Waals surface area contributed by atoms with E-state index < -0.39 is 5.97 Å². The highest BCUT2D eigenvalue weighted by molar-refractivity contribution is 6.29. The largest absolute Gasteiger partial charge is 0.466 e. The molecule has 1 aromatic rings. The van der Waals surface area contributed by atoms with Gasteiger partial charge in [0, 0.05) is 11.5 Å². The summed E-state index contributed by atoms with van der Waals surface area (Å²) in [5.41, 5.74) is 5.72. The third-order valence-electron chi connectivity index (χ3n) is 2.53. The van der Waals surface area contributed by atoms with Crippen LogP contribution in [0.1, 0.15) is 13.8 Å². The molecule has 0 radical (unpaired) electrons. The number of nitrogens with zero attached hydrogens (tertiary/aromatic N) is 2. The molecule has 1 aliphatic heterocycles. The molecule has 3 N–H and O–H groups in total. The van der Waals surface area contributed by atoms with Gasteiger partial charge in [-0.15, -0.1) is 10.2 Å². The average molecular weight is 290 g/mol. The zero-order valence-corrected chi connectivity index (χ0v) is 11.5. The SMILES string of the molecule is CC1(C)COC(O)(COc2nnc(Cl)cc2N)OC1. The van der Waals surface area contributed by atoms with E-state index in [0.717, 1.165) is 0 Å². The maximum Gasteiger partial charge on any atom is 0.316 e. The molecule has 1 aromatic heterocycles. The summed E-state index contributed by atoms with van der Waals surface area (Å²) in [6.45, 7) is 4.39. The smallest absolute Gasteiger partial charge is 0.316 e. The fourth-order valence-electron chi connectivity index (χ4n) is 1.42. The van der Waals surface area contributed by atoms with Crippen LogP contribution in [0.15, 0.2) is 6.07 Å². The van der Waals surface area contributed by atoms with E-state index >= 15 is 0 Å². The van der Waals surface area contributed by atoms with Crippen LogP contribution in [0.4, 0.5) is 5.69 Å². The molecule has 1 aliphatic rings. The van der Waals surface area contributed by atoms with Gasteiger partial charge in [-0.25, -0.2) is 0 Å². The molecule has 8 heteroatoms. The molecule has 106 valence electrons. The predicted molar refractivity (Wildman–Crippen MR) is 67.6 cm³/mol. The summed E-state index contributed by atoms with van der Waals surface area (Å²) in [6, 6.07) is 1.40. The number of halogens is 1. The average Bonchev–Trinajstić information content (AvgIpc) is 2.33. The van der Waals surface area contributed by atoms with Crippen molar-refractivity contribution in [1.29, 1.82) is 0 Å². The summed E-state index contributed by atoms with van der Waals surface area (Å²) >= 11 is 5.62. The highest BCUT2D eigenvalue weighted by atomic mass is 35.5. The van der Waals surface area contributed by atoms with Gasteiger partial charge in [-0.2, -0.15) is 0 Å². The molecule has 19 heavy (non-hydrogen) atoms. The van der Waals surface area contributed by atoms with Crippen molar-refractivity contribution >= 4 is 17.3 Å². The van der Waals surface area contributed by atoms with Crippen molar-refractivity contribution in [2.75, 3.05) is 25.6 Å². The summed E-state index contributed by atoms with van der Waals surface area (Å²) in [7, 11) is 0. The Morgan fingerprint density at radius 2 is 2.05 bits per heavy atom. The molecule has 0 unspecified atom stereocenters. The van der Waals surface area contributed by atoms with Crippen LogP contribution in [0.3, 0.4) is 0 Å². The van der Waals surface area contributed by atoms with E-state index in [-0.39, 0.29) is 28.7 Å². The van der Waals surface area contributed by atoms with E-state index in [1.54, 1.807) is 0 Å². The van der Waals surface area contributed by atoms with Crippen LogP contribution in [0, 0.1) is 5.41 Å². The van der Waals surface area contributed by atoms with Gasteiger partial charge < -0.3 is 25.1 Å². The van der Waals surface area contributed by atoms with E-state index in [1.807, 2.05) is 13.8 Å². The lowest BCUT2D eigenvalue weighted by molar-refractivity contribution is -0.407. The molecular formula is C11H16ClN3O4. The monoisotopic (exact) mass is 289 g/mol. The van der Waals surface area contributed by atoms with Gasteiger partial charge in [-0.3, -0.25) is 0 Å². The summed E-state index contributed by atoms with van der Waals surface area (Å²) in [6.07, 6.45) is 0. The van der Waals surface area contributed by atoms with Gasteiger partial charge in [0.2, 0.25) is 0 Å². The van der Waals surface area contributed by atoms with E-state index in [2.05, 4.69) is 10.2 Å². The first-order valence-electron chi connectivity index (χ1n) is 5.71. The Balaban J connectivity index is 1.95. The van der Waals surface area contributed by atoms with Crippen molar-refractivity contribution < 1.29 is 19.3 Å². The Morgan fingerprint density at radius 1 is 1.42 bits per heavy atom. The third-order valence-corrected chi connectivity index (χ3v) is 2.71. The lowest BCUT2D eigenvalue weighted by atomic mass is 9.95. The number of anilines is 1. The number of aromatic nitrogens is 2. The molecule has 0 aliphatic carbocycles. The Labute approximate surface area is 115 Å². The minimum Gasteiger partial charge on any atom is -0.466 e. The molecular weight excluding hydrogens is 274 g/mol. The van der Waals surface area contributed by atoms with Crippen LogP contribution in [-0.4, -0.2) is 41.1 Å². The van der Waals surface area contributed by atoms with Crippen molar-refractivity contribution in [3.63, 3.8) is 0 Å². The van der Waals surface area contributed by atoms with Gasteiger partial charge in [0.1, 0.15) is 0 Å². The van der Waals surface area contributed by atoms with Crippen molar-refractivity contribution in [2.24, 2.45) is 5.41 Å². The van der Waals surface area contributed by atoms with E-state index in [0.29, 0.717) is 13.2 Å². The van der Waals surface area contributed by atoms with Crippen LogP contribution in [-0.2, 0) is 9.47 Å². The molecule has 0 aromatic carbocycles. The molecule has 0 amide bonds. The van der Waals surface area contributed by atoms with Crippen molar-refractivity contribution in [1.82, 2.24) is 10.2 Å². The Hall–Kier alpha value is -1.15. The first-order chi connectivity index (χ1) is 8.80. The molecule has 1 fully saturated rings. The van der Waals surface area contributed by atoms with Crippen LogP contribution in [0.2, 0.25) is 5.15 Å².